The van der Waals surface area contributed by atoms with Crippen molar-refractivity contribution in [2.45, 2.75) is 26.6 Å². The van der Waals surface area contributed by atoms with Crippen LogP contribution in [0.4, 0.5) is 4.39 Å². The topological polar surface area (TPSA) is 56.2 Å². The van der Waals surface area contributed by atoms with E-state index in [1.807, 2.05) is 54.6 Å². The number of hydrogen-bond acceptors (Lipinski definition) is 3. The Bertz CT molecular complexity index is 1220. The number of para-hydroxylation sites is 1. The van der Waals surface area contributed by atoms with Gasteiger partial charge >= 0.3 is 0 Å². The molecule has 33 heavy (non-hydrogen) atoms. The highest BCUT2D eigenvalue weighted by Crippen LogP contribution is 2.21. The van der Waals surface area contributed by atoms with Crippen LogP contribution in [0.1, 0.15) is 32.7 Å². The van der Waals surface area contributed by atoms with Crippen LogP contribution in [0.5, 0.6) is 5.75 Å². The lowest BCUT2D eigenvalue weighted by Gasteiger charge is -2.08. The summed E-state index contributed by atoms with van der Waals surface area (Å²) in [6, 6.07) is 23.6. The summed E-state index contributed by atoms with van der Waals surface area (Å²) in [7, 11) is 0. The Labute approximate surface area is 196 Å². The molecule has 4 rings (SSSR count). The van der Waals surface area contributed by atoms with Gasteiger partial charge in [0.15, 0.2) is 0 Å². The predicted molar refractivity (Wildman–Crippen MR) is 126 cm³/mol. The van der Waals surface area contributed by atoms with E-state index in [2.05, 4.69) is 10.4 Å². The molecule has 1 amide bonds. The first-order valence-corrected chi connectivity index (χ1v) is 10.9. The maximum atomic E-state index is 13.1. The zero-order valence-corrected chi connectivity index (χ0v) is 18.8. The van der Waals surface area contributed by atoms with E-state index in [0.717, 1.165) is 22.4 Å². The molecule has 0 aliphatic carbocycles. The molecule has 0 bridgehead atoms. The zero-order valence-electron chi connectivity index (χ0n) is 18.1. The Morgan fingerprint density at radius 2 is 1.61 bits per heavy atom. The van der Waals surface area contributed by atoms with E-state index in [1.54, 1.807) is 23.7 Å². The molecule has 1 N–H and O–H groups in total. The second kappa shape index (κ2) is 10.3. The second-order valence-electron chi connectivity index (χ2n) is 7.64. The van der Waals surface area contributed by atoms with E-state index in [-0.39, 0.29) is 16.9 Å². The molecule has 1 aromatic heterocycles. The summed E-state index contributed by atoms with van der Waals surface area (Å²) in [5.41, 5.74) is 3.71. The highest BCUT2D eigenvalue weighted by Gasteiger charge is 2.20. The van der Waals surface area contributed by atoms with Gasteiger partial charge in [-0.25, -0.2) is 9.07 Å². The highest BCUT2D eigenvalue weighted by molar-refractivity contribution is 6.33. The highest BCUT2D eigenvalue weighted by atomic mass is 35.5. The van der Waals surface area contributed by atoms with Crippen molar-refractivity contribution in [1.82, 2.24) is 15.1 Å². The number of aromatic nitrogens is 2. The van der Waals surface area contributed by atoms with Gasteiger partial charge in [-0.3, -0.25) is 4.79 Å². The standard InChI is InChI=1S/C26H23ClFN3O2/c1-18-24(25(27)31(30-18)16-20-11-13-22(28)14-12-20)26(32)29-15-19-7-9-21(10-8-19)17-33-23-5-3-2-4-6-23/h2-14H,15-17H2,1H3,(H,29,32). The van der Waals surface area contributed by atoms with Gasteiger partial charge < -0.3 is 10.1 Å². The van der Waals surface area contributed by atoms with Crippen molar-refractivity contribution < 1.29 is 13.9 Å². The summed E-state index contributed by atoms with van der Waals surface area (Å²) in [6.45, 7) is 2.92. The predicted octanol–water partition coefficient (Wildman–Crippen LogP) is 5.54. The van der Waals surface area contributed by atoms with Crippen molar-refractivity contribution in [3.63, 3.8) is 0 Å². The van der Waals surface area contributed by atoms with E-state index in [4.69, 9.17) is 16.3 Å². The zero-order chi connectivity index (χ0) is 23.2. The van der Waals surface area contributed by atoms with Crippen LogP contribution < -0.4 is 10.1 Å². The van der Waals surface area contributed by atoms with Gasteiger partial charge in [0.1, 0.15) is 23.3 Å². The minimum Gasteiger partial charge on any atom is -0.489 e. The number of carbonyl (C=O) groups excluding carboxylic acids is 1. The number of halogens is 2. The molecule has 0 aliphatic heterocycles. The van der Waals surface area contributed by atoms with E-state index in [9.17, 15) is 9.18 Å². The minimum atomic E-state index is -0.307. The van der Waals surface area contributed by atoms with Crippen molar-refractivity contribution in [3.05, 3.63) is 118 Å². The number of nitrogens with zero attached hydrogens (tertiary/aromatic N) is 2. The van der Waals surface area contributed by atoms with E-state index in [0.29, 0.717) is 31.0 Å². The second-order valence-corrected chi connectivity index (χ2v) is 7.99. The van der Waals surface area contributed by atoms with Crippen LogP contribution in [0.15, 0.2) is 78.9 Å². The fourth-order valence-corrected chi connectivity index (χ4v) is 3.71. The van der Waals surface area contributed by atoms with Crippen molar-refractivity contribution in [2.75, 3.05) is 0 Å². The third-order valence-electron chi connectivity index (χ3n) is 5.16. The smallest absolute Gasteiger partial charge is 0.256 e. The normalized spacial score (nSPS) is 10.8. The molecular weight excluding hydrogens is 441 g/mol. The van der Waals surface area contributed by atoms with Crippen LogP contribution in [0.3, 0.4) is 0 Å². The summed E-state index contributed by atoms with van der Waals surface area (Å²) < 4.78 is 20.4. The lowest BCUT2D eigenvalue weighted by Crippen LogP contribution is -2.23. The van der Waals surface area contributed by atoms with Crippen molar-refractivity contribution in [2.24, 2.45) is 0 Å². The Hall–Kier alpha value is -3.64. The van der Waals surface area contributed by atoms with Crippen LogP contribution in [0, 0.1) is 12.7 Å². The molecular formula is C26H23ClFN3O2. The average Bonchev–Trinajstić information content (AvgIpc) is 3.11. The van der Waals surface area contributed by atoms with Crippen LogP contribution in [0.2, 0.25) is 5.15 Å². The summed E-state index contributed by atoms with van der Waals surface area (Å²) in [6.07, 6.45) is 0. The number of carbonyl (C=O) groups is 1. The van der Waals surface area contributed by atoms with Crippen molar-refractivity contribution >= 4 is 17.5 Å². The molecule has 4 aromatic rings. The van der Waals surface area contributed by atoms with Crippen LogP contribution in [-0.2, 0) is 19.7 Å². The van der Waals surface area contributed by atoms with Gasteiger partial charge in [0.2, 0.25) is 0 Å². The first kappa shape index (κ1) is 22.6. The molecule has 1 heterocycles. The molecule has 0 atom stereocenters. The van der Waals surface area contributed by atoms with Crippen LogP contribution in [0.25, 0.3) is 0 Å². The molecule has 168 valence electrons. The molecule has 0 saturated heterocycles. The Kier molecular flexibility index (Phi) is 7.05. The molecule has 5 nitrogen and oxygen atoms in total. The van der Waals surface area contributed by atoms with Gasteiger partial charge in [-0.05, 0) is 47.9 Å². The van der Waals surface area contributed by atoms with Crippen molar-refractivity contribution in [3.8, 4) is 5.75 Å². The SMILES string of the molecule is Cc1nn(Cc2ccc(F)cc2)c(Cl)c1C(=O)NCc1ccc(COc2ccccc2)cc1. The quantitative estimate of drug-likeness (QED) is 0.373. The fourth-order valence-electron chi connectivity index (χ4n) is 3.39. The summed E-state index contributed by atoms with van der Waals surface area (Å²) >= 11 is 6.45. The maximum absolute atomic E-state index is 13.1. The first-order valence-electron chi connectivity index (χ1n) is 10.5. The Balaban J connectivity index is 1.34. The minimum absolute atomic E-state index is 0.253. The Morgan fingerprint density at radius 3 is 2.30 bits per heavy atom. The number of amides is 1. The van der Waals surface area contributed by atoms with Crippen LogP contribution >= 0.6 is 11.6 Å². The number of hydrogen-bond donors (Lipinski definition) is 1. The van der Waals surface area contributed by atoms with Gasteiger partial charge in [-0.15, -0.1) is 0 Å². The summed E-state index contributed by atoms with van der Waals surface area (Å²) in [4.78, 5) is 12.8. The third-order valence-corrected chi connectivity index (χ3v) is 5.55. The van der Waals surface area contributed by atoms with Gasteiger partial charge in [0.05, 0.1) is 17.8 Å². The van der Waals surface area contributed by atoms with E-state index >= 15 is 0 Å². The Morgan fingerprint density at radius 1 is 0.970 bits per heavy atom. The average molecular weight is 464 g/mol. The summed E-state index contributed by atoms with van der Waals surface area (Å²) in [5, 5.41) is 7.53. The number of ether oxygens (including phenoxy) is 1. The van der Waals surface area contributed by atoms with Gasteiger partial charge in [-0.2, -0.15) is 5.10 Å². The fraction of sp³-hybridized carbons (Fsp3) is 0.154. The van der Waals surface area contributed by atoms with Gasteiger partial charge in [0, 0.05) is 6.54 Å². The molecule has 7 heteroatoms. The molecule has 0 radical (unpaired) electrons. The van der Waals surface area contributed by atoms with Gasteiger partial charge in [-0.1, -0.05) is 66.2 Å². The monoisotopic (exact) mass is 463 g/mol. The summed E-state index contributed by atoms with van der Waals surface area (Å²) in [5.74, 6) is 0.221. The van der Waals surface area contributed by atoms with Gasteiger partial charge in [0.25, 0.3) is 5.91 Å². The lowest BCUT2D eigenvalue weighted by molar-refractivity contribution is 0.0950. The largest absolute Gasteiger partial charge is 0.489 e. The molecule has 0 aliphatic rings. The van der Waals surface area contributed by atoms with E-state index in [1.165, 1.54) is 12.1 Å². The molecule has 0 unspecified atom stereocenters. The maximum Gasteiger partial charge on any atom is 0.256 e. The third kappa shape index (κ3) is 5.79. The molecule has 0 saturated carbocycles. The molecule has 0 fully saturated rings. The van der Waals surface area contributed by atoms with Crippen LogP contribution in [-0.4, -0.2) is 15.7 Å². The lowest BCUT2D eigenvalue weighted by atomic mass is 10.1. The number of aryl methyl sites for hydroxylation is 1. The number of nitrogens with one attached hydrogen (secondary N) is 1. The first-order chi connectivity index (χ1) is 16.0. The molecule has 0 spiro atoms. The number of benzene rings is 3. The molecule has 3 aromatic carbocycles. The van der Waals surface area contributed by atoms with E-state index < -0.39 is 0 Å². The van der Waals surface area contributed by atoms with Crippen molar-refractivity contribution in [1.29, 1.82) is 0 Å². The number of rotatable bonds is 8.